The van der Waals surface area contributed by atoms with E-state index in [0.717, 1.165) is 11.3 Å². The Bertz CT molecular complexity index is 231. The van der Waals surface area contributed by atoms with Gasteiger partial charge >= 0.3 is 0 Å². The molecule has 0 fully saturated rings. The van der Waals surface area contributed by atoms with Crippen molar-refractivity contribution in [2.75, 3.05) is 0 Å². The highest BCUT2D eigenvalue weighted by atomic mass is 32.1. The van der Waals surface area contributed by atoms with Crippen LogP contribution in [-0.4, -0.2) is 5.97 Å². The largest absolute Gasteiger partial charge is 0.545 e. The van der Waals surface area contributed by atoms with Crippen molar-refractivity contribution in [2.24, 2.45) is 0 Å². The molecule has 1 heterocycles. The van der Waals surface area contributed by atoms with E-state index in [4.69, 9.17) is 0 Å². The highest BCUT2D eigenvalue weighted by Crippen LogP contribution is 2.12. The molecule has 4 heteroatoms. The van der Waals surface area contributed by atoms with Gasteiger partial charge in [-0.3, -0.25) is 0 Å². The van der Waals surface area contributed by atoms with E-state index in [-0.39, 0.29) is 5.56 Å². The monoisotopic (exact) mass is 145 g/mol. The predicted octanol–water partition coefficient (Wildman–Crippen LogP) is 0.251. The maximum absolute atomic E-state index is 12.2. The smallest absolute Gasteiger partial charge is 0.185 e. The number of carboxylic acids is 1. The Kier molecular flexibility index (Phi) is 1.48. The fourth-order valence-corrected chi connectivity index (χ4v) is 1.04. The number of thiophene rings is 1. The summed E-state index contributed by atoms with van der Waals surface area (Å²) in [7, 11) is 0. The second kappa shape index (κ2) is 2.14. The molecule has 0 spiro atoms. The molecular formula is C5H2FO2S-. The number of carbonyl (C=O) groups excluding carboxylic acids is 1. The first-order valence-corrected chi connectivity index (χ1v) is 3.04. The molecule has 1 aromatic heterocycles. The molecule has 9 heavy (non-hydrogen) atoms. The SMILES string of the molecule is O=C([O-])c1ccsc1F. The lowest BCUT2D eigenvalue weighted by molar-refractivity contribution is -0.255. The Morgan fingerprint density at radius 2 is 2.44 bits per heavy atom. The quantitative estimate of drug-likeness (QED) is 0.568. The molecule has 0 bridgehead atoms. The molecule has 0 radical (unpaired) electrons. The molecule has 0 N–H and O–H groups in total. The average Bonchev–Trinajstić information content (AvgIpc) is 2.13. The normalized spacial score (nSPS) is 9.44. The molecule has 0 aliphatic heterocycles. The summed E-state index contributed by atoms with van der Waals surface area (Å²) in [6.45, 7) is 0. The van der Waals surface area contributed by atoms with Gasteiger partial charge in [0.1, 0.15) is 0 Å². The number of carbonyl (C=O) groups is 1. The van der Waals surface area contributed by atoms with Crippen molar-refractivity contribution in [1.82, 2.24) is 0 Å². The van der Waals surface area contributed by atoms with E-state index in [0.29, 0.717) is 0 Å². The van der Waals surface area contributed by atoms with Crippen molar-refractivity contribution in [3.63, 3.8) is 0 Å². The topological polar surface area (TPSA) is 40.1 Å². The summed E-state index contributed by atoms with van der Waals surface area (Å²) >= 11 is 0.745. The second-order valence-corrected chi connectivity index (χ2v) is 2.26. The van der Waals surface area contributed by atoms with Gasteiger partial charge in [-0.05, 0) is 11.4 Å². The number of hydrogen-bond donors (Lipinski definition) is 0. The predicted molar refractivity (Wildman–Crippen MR) is 28.6 cm³/mol. The van der Waals surface area contributed by atoms with Gasteiger partial charge in [-0.2, -0.15) is 4.39 Å². The van der Waals surface area contributed by atoms with Crippen LogP contribution >= 0.6 is 11.3 Å². The zero-order valence-corrected chi connectivity index (χ0v) is 5.07. The van der Waals surface area contributed by atoms with E-state index in [1.165, 1.54) is 11.4 Å². The number of rotatable bonds is 1. The lowest BCUT2D eigenvalue weighted by atomic mass is 10.3. The van der Waals surface area contributed by atoms with E-state index >= 15 is 0 Å². The van der Waals surface area contributed by atoms with Crippen molar-refractivity contribution in [3.8, 4) is 0 Å². The summed E-state index contributed by atoms with van der Waals surface area (Å²) in [5.74, 6) is -1.46. The lowest BCUT2D eigenvalue weighted by Crippen LogP contribution is -2.22. The zero-order chi connectivity index (χ0) is 6.85. The Balaban J connectivity index is 3.08. The molecule has 0 saturated carbocycles. The van der Waals surface area contributed by atoms with Crippen LogP contribution in [0.3, 0.4) is 0 Å². The van der Waals surface area contributed by atoms with Crippen LogP contribution in [0.4, 0.5) is 4.39 Å². The number of carboxylic acid groups (broad SMARTS) is 1. The summed E-state index contributed by atoms with van der Waals surface area (Å²) in [6, 6.07) is 1.18. The summed E-state index contributed by atoms with van der Waals surface area (Å²) in [6.07, 6.45) is 0. The molecular weight excluding hydrogens is 143 g/mol. The van der Waals surface area contributed by atoms with Crippen LogP contribution in [0, 0.1) is 5.13 Å². The fraction of sp³-hybridized carbons (Fsp3) is 0. The first kappa shape index (κ1) is 6.22. The van der Waals surface area contributed by atoms with Crippen LogP contribution in [-0.2, 0) is 0 Å². The maximum Gasteiger partial charge on any atom is 0.185 e. The standard InChI is InChI=1S/C5H3FO2S/c6-4-3(5(7)8)1-2-9-4/h1-2H,(H,7,8)/p-1. The summed E-state index contributed by atoms with van der Waals surface area (Å²) < 4.78 is 12.2. The van der Waals surface area contributed by atoms with Crippen LogP contribution in [0.5, 0.6) is 0 Å². The third kappa shape index (κ3) is 1.08. The molecule has 0 atom stereocenters. The van der Waals surface area contributed by atoms with Gasteiger partial charge in [-0.1, -0.05) is 0 Å². The van der Waals surface area contributed by atoms with Gasteiger partial charge in [0.05, 0.1) is 5.97 Å². The van der Waals surface area contributed by atoms with E-state index in [1.807, 2.05) is 0 Å². The Hall–Kier alpha value is -0.900. The van der Waals surface area contributed by atoms with E-state index in [1.54, 1.807) is 0 Å². The minimum Gasteiger partial charge on any atom is -0.545 e. The van der Waals surface area contributed by atoms with Crippen molar-refractivity contribution >= 4 is 17.3 Å². The average molecular weight is 145 g/mol. The van der Waals surface area contributed by atoms with E-state index < -0.39 is 11.1 Å². The highest BCUT2D eigenvalue weighted by molar-refractivity contribution is 7.08. The van der Waals surface area contributed by atoms with Crippen LogP contribution in [0.25, 0.3) is 0 Å². The molecule has 1 rings (SSSR count). The van der Waals surface area contributed by atoms with Crippen LogP contribution in [0.15, 0.2) is 11.4 Å². The maximum atomic E-state index is 12.2. The van der Waals surface area contributed by atoms with Gasteiger partial charge in [-0.15, -0.1) is 11.3 Å². The zero-order valence-electron chi connectivity index (χ0n) is 4.26. The molecule has 1 aromatic rings. The molecule has 2 nitrogen and oxygen atoms in total. The van der Waals surface area contributed by atoms with Gasteiger partial charge in [0.2, 0.25) is 0 Å². The molecule has 0 saturated heterocycles. The van der Waals surface area contributed by atoms with Crippen molar-refractivity contribution < 1.29 is 14.3 Å². The summed E-state index contributed by atoms with van der Waals surface area (Å²) in [4.78, 5) is 9.94. The van der Waals surface area contributed by atoms with Gasteiger partial charge in [-0.25, -0.2) is 0 Å². The number of aromatic carboxylic acids is 1. The van der Waals surface area contributed by atoms with Crippen molar-refractivity contribution in [2.45, 2.75) is 0 Å². The minimum atomic E-state index is -1.46. The molecule has 0 aliphatic carbocycles. The highest BCUT2D eigenvalue weighted by Gasteiger charge is 2.01. The van der Waals surface area contributed by atoms with E-state index in [9.17, 15) is 14.3 Å². The third-order valence-electron chi connectivity index (χ3n) is 0.838. The second-order valence-electron chi connectivity index (χ2n) is 1.40. The molecule has 0 aliphatic rings. The third-order valence-corrected chi connectivity index (χ3v) is 1.54. The van der Waals surface area contributed by atoms with E-state index in [2.05, 4.69) is 0 Å². The first-order chi connectivity index (χ1) is 4.22. The molecule has 48 valence electrons. The van der Waals surface area contributed by atoms with Crippen molar-refractivity contribution in [3.05, 3.63) is 22.1 Å². The molecule has 0 aromatic carbocycles. The Morgan fingerprint density at radius 1 is 1.78 bits per heavy atom. The lowest BCUT2D eigenvalue weighted by Gasteiger charge is -1.94. The van der Waals surface area contributed by atoms with Gasteiger partial charge in [0.25, 0.3) is 0 Å². The fourth-order valence-electron chi connectivity index (χ4n) is 0.439. The summed E-state index contributed by atoms with van der Waals surface area (Å²) in [5, 5.41) is 10.6. The van der Waals surface area contributed by atoms with Crippen molar-refractivity contribution in [1.29, 1.82) is 0 Å². The van der Waals surface area contributed by atoms with Crippen LogP contribution < -0.4 is 5.11 Å². The molecule has 0 unspecified atom stereocenters. The molecule has 0 amide bonds. The van der Waals surface area contributed by atoms with Gasteiger partial charge in [0, 0.05) is 5.56 Å². The van der Waals surface area contributed by atoms with Crippen LogP contribution in [0.1, 0.15) is 10.4 Å². The first-order valence-electron chi connectivity index (χ1n) is 2.16. The Labute approximate surface area is 54.6 Å². The Morgan fingerprint density at radius 3 is 2.67 bits per heavy atom. The number of halogens is 1. The van der Waals surface area contributed by atoms with Crippen LogP contribution in [0.2, 0.25) is 0 Å². The van der Waals surface area contributed by atoms with Gasteiger partial charge in [0.15, 0.2) is 5.13 Å². The summed E-state index contributed by atoms with van der Waals surface area (Å²) in [5.41, 5.74) is -0.361. The number of hydrogen-bond acceptors (Lipinski definition) is 3. The van der Waals surface area contributed by atoms with Gasteiger partial charge < -0.3 is 9.90 Å². The minimum absolute atomic E-state index is 0.361.